The van der Waals surface area contributed by atoms with Crippen LogP contribution in [0.3, 0.4) is 0 Å². The molecule has 21 heavy (non-hydrogen) atoms. The average molecular weight is 308 g/mol. The van der Waals surface area contributed by atoms with Gasteiger partial charge < -0.3 is 15.5 Å². The monoisotopic (exact) mass is 308 g/mol. The van der Waals surface area contributed by atoms with Crippen molar-refractivity contribution in [2.24, 2.45) is 5.92 Å². The lowest BCUT2D eigenvalue weighted by Crippen LogP contribution is -2.35. The molecule has 2 N–H and O–H groups in total. The first-order chi connectivity index (χ1) is 10.3. The maximum Gasteiger partial charge on any atom is 0.233 e. The number of nitrogens with one attached hydrogen (secondary N) is 2. The van der Waals surface area contributed by atoms with Crippen LogP contribution < -0.4 is 15.5 Å². The highest BCUT2D eigenvalue weighted by atomic mass is 32.1. The van der Waals surface area contributed by atoms with Gasteiger partial charge in [0.05, 0.1) is 12.2 Å². The summed E-state index contributed by atoms with van der Waals surface area (Å²) in [6, 6.07) is 0. The Kier molecular flexibility index (Phi) is 5.08. The maximum atomic E-state index is 11.6. The van der Waals surface area contributed by atoms with Gasteiger partial charge in [0.15, 0.2) is 5.13 Å². The predicted molar refractivity (Wildman–Crippen MR) is 85.9 cm³/mol. The minimum absolute atomic E-state index is 0.0886. The number of thiazole rings is 1. The van der Waals surface area contributed by atoms with Crippen LogP contribution >= 0.6 is 11.3 Å². The third-order valence-electron chi connectivity index (χ3n) is 4.04. The molecule has 116 valence electrons. The fourth-order valence-electron chi connectivity index (χ4n) is 2.57. The zero-order chi connectivity index (χ0) is 14.5. The molecule has 5 nitrogen and oxygen atoms in total. The molecule has 2 fully saturated rings. The molecule has 0 aromatic carbocycles. The van der Waals surface area contributed by atoms with Gasteiger partial charge in [-0.2, -0.15) is 0 Å². The van der Waals surface area contributed by atoms with E-state index in [9.17, 15) is 4.79 Å². The van der Waals surface area contributed by atoms with Crippen LogP contribution in [0.4, 0.5) is 5.13 Å². The molecule has 1 aromatic heterocycles. The molecule has 6 heteroatoms. The molecular formula is C15H24N4OS. The zero-order valence-corrected chi connectivity index (χ0v) is 13.3. The van der Waals surface area contributed by atoms with E-state index in [4.69, 9.17) is 0 Å². The largest absolute Gasteiger partial charge is 0.355 e. The minimum atomic E-state index is 0.0886. The standard InChI is InChI=1S/C15H24N4OS/c20-14(10-16-9-12-3-4-12)17-6-5-13-11-21-15(18-13)19-7-1-2-8-19/h11-12,16H,1-10H2,(H,17,20). The molecule has 0 atom stereocenters. The quantitative estimate of drug-likeness (QED) is 0.762. The number of nitrogens with zero attached hydrogens (tertiary/aromatic N) is 2. The van der Waals surface area contributed by atoms with Gasteiger partial charge in [-0.25, -0.2) is 4.98 Å². The Morgan fingerprint density at radius 3 is 2.95 bits per heavy atom. The van der Waals surface area contributed by atoms with Gasteiger partial charge in [0.25, 0.3) is 0 Å². The van der Waals surface area contributed by atoms with Gasteiger partial charge in [0.2, 0.25) is 5.91 Å². The van der Waals surface area contributed by atoms with Crippen molar-refractivity contribution in [1.29, 1.82) is 0 Å². The SMILES string of the molecule is O=C(CNCC1CC1)NCCc1csc(N2CCCC2)n1. The van der Waals surface area contributed by atoms with Crippen molar-refractivity contribution in [3.8, 4) is 0 Å². The van der Waals surface area contributed by atoms with E-state index in [1.807, 2.05) is 0 Å². The summed E-state index contributed by atoms with van der Waals surface area (Å²) in [7, 11) is 0. The van der Waals surface area contributed by atoms with Crippen molar-refractivity contribution in [3.05, 3.63) is 11.1 Å². The highest BCUT2D eigenvalue weighted by Gasteiger charge is 2.20. The average Bonchev–Trinajstić information content (AvgIpc) is 2.96. The normalized spacial score (nSPS) is 18.2. The second kappa shape index (κ2) is 7.22. The molecule has 0 spiro atoms. The maximum absolute atomic E-state index is 11.6. The van der Waals surface area contributed by atoms with Crippen LogP contribution in [0.2, 0.25) is 0 Å². The Bertz CT molecular complexity index is 466. The first kappa shape index (κ1) is 14.8. The highest BCUT2D eigenvalue weighted by molar-refractivity contribution is 7.13. The zero-order valence-electron chi connectivity index (χ0n) is 12.4. The molecule has 1 saturated heterocycles. The molecular weight excluding hydrogens is 284 g/mol. The number of carbonyl (C=O) groups is 1. The second-order valence-corrected chi connectivity index (χ2v) is 6.83. The second-order valence-electron chi connectivity index (χ2n) is 5.99. The molecule has 2 aliphatic rings. The fourth-order valence-corrected chi connectivity index (χ4v) is 3.48. The van der Waals surface area contributed by atoms with Gasteiger partial charge in [-0.3, -0.25) is 4.79 Å². The van der Waals surface area contributed by atoms with E-state index in [0.29, 0.717) is 13.1 Å². The Hall–Kier alpha value is -1.14. The number of hydrogen-bond acceptors (Lipinski definition) is 5. The van der Waals surface area contributed by atoms with Gasteiger partial charge in [0.1, 0.15) is 0 Å². The summed E-state index contributed by atoms with van der Waals surface area (Å²) in [6.45, 7) is 4.37. The molecule has 0 radical (unpaired) electrons. The van der Waals surface area contributed by atoms with Crippen LogP contribution in [-0.4, -0.2) is 43.6 Å². The fraction of sp³-hybridized carbons (Fsp3) is 0.733. The Labute approximate surface area is 130 Å². The van der Waals surface area contributed by atoms with Gasteiger partial charge in [0, 0.05) is 31.4 Å². The van der Waals surface area contributed by atoms with Crippen LogP contribution in [0.25, 0.3) is 0 Å². The lowest BCUT2D eigenvalue weighted by atomic mass is 10.3. The first-order valence-electron chi connectivity index (χ1n) is 7.98. The Morgan fingerprint density at radius 1 is 1.38 bits per heavy atom. The highest BCUT2D eigenvalue weighted by Crippen LogP contribution is 2.27. The molecule has 1 aliphatic heterocycles. The van der Waals surface area contributed by atoms with Crippen molar-refractivity contribution in [2.45, 2.75) is 32.1 Å². The van der Waals surface area contributed by atoms with Crippen molar-refractivity contribution >= 4 is 22.4 Å². The number of rotatable bonds is 8. The summed E-state index contributed by atoms with van der Waals surface area (Å²) in [5, 5.41) is 9.41. The van der Waals surface area contributed by atoms with Gasteiger partial charge in [-0.1, -0.05) is 0 Å². The van der Waals surface area contributed by atoms with E-state index in [-0.39, 0.29) is 5.91 Å². The lowest BCUT2D eigenvalue weighted by molar-refractivity contribution is -0.120. The molecule has 1 aliphatic carbocycles. The molecule has 1 saturated carbocycles. The molecule has 0 unspecified atom stereocenters. The number of anilines is 1. The van der Waals surface area contributed by atoms with E-state index < -0.39 is 0 Å². The summed E-state index contributed by atoms with van der Waals surface area (Å²) < 4.78 is 0. The van der Waals surface area contributed by atoms with Crippen LogP contribution in [0.15, 0.2) is 5.38 Å². The van der Waals surface area contributed by atoms with E-state index in [1.54, 1.807) is 11.3 Å². The molecule has 0 bridgehead atoms. The summed E-state index contributed by atoms with van der Waals surface area (Å²) in [5.74, 6) is 0.905. The van der Waals surface area contributed by atoms with Crippen LogP contribution in [0, 0.1) is 5.92 Å². The van der Waals surface area contributed by atoms with Crippen LogP contribution in [0.1, 0.15) is 31.4 Å². The number of aromatic nitrogens is 1. The first-order valence-corrected chi connectivity index (χ1v) is 8.86. The number of amides is 1. The lowest BCUT2D eigenvalue weighted by Gasteiger charge is -2.12. The summed E-state index contributed by atoms with van der Waals surface area (Å²) in [4.78, 5) is 18.7. The molecule has 1 aromatic rings. The number of carbonyl (C=O) groups excluding carboxylic acids is 1. The van der Waals surface area contributed by atoms with Gasteiger partial charge >= 0.3 is 0 Å². The van der Waals surface area contributed by atoms with Gasteiger partial charge in [-0.05, 0) is 38.1 Å². The van der Waals surface area contributed by atoms with E-state index >= 15 is 0 Å². The van der Waals surface area contributed by atoms with Crippen molar-refractivity contribution in [3.63, 3.8) is 0 Å². The summed E-state index contributed by atoms with van der Waals surface area (Å²) in [5.41, 5.74) is 1.09. The minimum Gasteiger partial charge on any atom is -0.355 e. The van der Waals surface area contributed by atoms with Crippen molar-refractivity contribution < 1.29 is 4.79 Å². The van der Waals surface area contributed by atoms with Crippen molar-refractivity contribution in [2.75, 3.05) is 37.6 Å². The van der Waals surface area contributed by atoms with Gasteiger partial charge in [-0.15, -0.1) is 11.3 Å². The van der Waals surface area contributed by atoms with E-state index in [1.165, 1.54) is 25.7 Å². The summed E-state index contributed by atoms with van der Waals surface area (Å²) >= 11 is 1.72. The van der Waals surface area contributed by atoms with E-state index in [0.717, 1.165) is 42.8 Å². The van der Waals surface area contributed by atoms with Crippen LogP contribution in [0.5, 0.6) is 0 Å². The third kappa shape index (κ3) is 4.68. The Balaban J connectivity index is 1.31. The molecule has 3 rings (SSSR count). The molecule has 1 amide bonds. The van der Waals surface area contributed by atoms with Crippen molar-refractivity contribution in [1.82, 2.24) is 15.6 Å². The third-order valence-corrected chi connectivity index (χ3v) is 4.99. The predicted octanol–water partition coefficient (Wildman–Crippen LogP) is 1.40. The Morgan fingerprint density at radius 2 is 2.19 bits per heavy atom. The molecule has 2 heterocycles. The summed E-state index contributed by atoms with van der Waals surface area (Å²) in [6.07, 6.45) is 6.01. The topological polar surface area (TPSA) is 57.3 Å². The van der Waals surface area contributed by atoms with Crippen LogP contribution in [-0.2, 0) is 11.2 Å². The van der Waals surface area contributed by atoms with E-state index in [2.05, 4.69) is 25.9 Å². The number of hydrogen-bond donors (Lipinski definition) is 2. The smallest absolute Gasteiger partial charge is 0.233 e.